The summed E-state index contributed by atoms with van der Waals surface area (Å²) in [5, 5.41) is 18.1. The van der Waals surface area contributed by atoms with E-state index in [2.05, 4.69) is 16.0 Å². The second kappa shape index (κ2) is 9.71. The predicted molar refractivity (Wildman–Crippen MR) is 90.0 cm³/mol. The first-order valence-corrected chi connectivity index (χ1v) is 8.51. The number of hydrogen-bond donors (Lipinski definition) is 5. The molecule has 0 saturated carbocycles. The van der Waals surface area contributed by atoms with Crippen molar-refractivity contribution in [3.05, 3.63) is 0 Å². The van der Waals surface area contributed by atoms with Gasteiger partial charge in [-0.15, -0.1) is 0 Å². The number of rotatable bonds is 8. The summed E-state index contributed by atoms with van der Waals surface area (Å²) in [4.78, 5) is 36.7. The number of nitrogens with two attached hydrogens (primary N) is 1. The highest BCUT2D eigenvalue weighted by Crippen LogP contribution is 2.10. The van der Waals surface area contributed by atoms with Gasteiger partial charge in [0.05, 0.1) is 18.1 Å². The fraction of sp³-hybridized carbons (Fsp3) is 0.812. The molecule has 8 nitrogen and oxygen atoms in total. The van der Waals surface area contributed by atoms with Crippen LogP contribution in [0.1, 0.15) is 33.6 Å². The molecule has 2 amide bonds. The quantitative estimate of drug-likeness (QED) is 0.365. The molecule has 6 N–H and O–H groups in total. The number of hydrogen-bond acceptors (Lipinski definition) is 6. The molecule has 4 atom stereocenters. The molecule has 0 spiro atoms. The van der Waals surface area contributed by atoms with Crippen LogP contribution in [0.3, 0.4) is 0 Å². The molecule has 0 bridgehead atoms. The van der Waals surface area contributed by atoms with E-state index in [4.69, 9.17) is 5.73 Å². The average Bonchev–Trinajstić information content (AvgIpc) is 2.56. The van der Waals surface area contributed by atoms with Crippen molar-refractivity contribution in [1.82, 2.24) is 16.0 Å². The van der Waals surface area contributed by atoms with Gasteiger partial charge in [0.15, 0.2) is 5.78 Å². The highest BCUT2D eigenvalue weighted by atomic mass is 16.3. The first-order valence-electron chi connectivity index (χ1n) is 8.51. The monoisotopic (exact) mass is 342 g/mol. The van der Waals surface area contributed by atoms with Crippen LogP contribution in [0.25, 0.3) is 0 Å². The number of ketones is 1. The largest absolute Gasteiger partial charge is 0.391 e. The van der Waals surface area contributed by atoms with E-state index in [0.717, 1.165) is 19.4 Å². The van der Waals surface area contributed by atoms with Crippen LogP contribution in [0.4, 0.5) is 0 Å². The molecular weight excluding hydrogens is 312 g/mol. The van der Waals surface area contributed by atoms with E-state index in [1.807, 2.05) is 0 Å². The normalized spacial score (nSPS) is 21.7. The Balaban J connectivity index is 2.70. The van der Waals surface area contributed by atoms with Crippen LogP contribution in [0, 0.1) is 11.8 Å². The molecular formula is C16H30N4O4. The minimum absolute atomic E-state index is 0.0320. The zero-order valence-corrected chi connectivity index (χ0v) is 14.7. The zero-order chi connectivity index (χ0) is 18.3. The van der Waals surface area contributed by atoms with Gasteiger partial charge in [-0.25, -0.2) is 0 Å². The average molecular weight is 342 g/mol. The number of carbonyl (C=O) groups is 3. The molecule has 1 saturated heterocycles. The number of Topliss-reactive ketones (excluding diaryl/α,β-unsaturated/α-hetero) is 1. The first-order chi connectivity index (χ1) is 11.3. The Morgan fingerprint density at radius 1 is 1.25 bits per heavy atom. The number of nitrogens with one attached hydrogen (secondary N) is 3. The van der Waals surface area contributed by atoms with E-state index in [-0.39, 0.29) is 30.1 Å². The Bertz CT molecular complexity index is 447. The molecule has 1 unspecified atom stereocenters. The maximum Gasteiger partial charge on any atom is 0.245 e. The molecule has 1 aliphatic rings. The van der Waals surface area contributed by atoms with Crippen LogP contribution in [0.15, 0.2) is 0 Å². The lowest BCUT2D eigenvalue weighted by Crippen LogP contribution is -2.58. The second-order valence-corrected chi connectivity index (χ2v) is 6.62. The molecule has 24 heavy (non-hydrogen) atoms. The third-order valence-corrected chi connectivity index (χ3v) is 4.19. The number of aliphatic hydroxyl groups excluding tert-OH is 1. The minimum Gasteiger partial charge on any atom is -0.391 e. The summed E-state index contributed by atoms with van der Waals surface area (Å²) in [6.07, 6.45) is 0.546. The summed E-state index contributed by atoms with van der Waals surface area (Å²) in [6, 6.07) is -1.94. The lowest BCUT2D eigenvalue weighted by Gasteiger charge is -2.27. The van der Waals surface area contributed by atoms with Gasteiger partial charge >= 0.3 is 0 Å². The van der Waals surface area contributed by atoms with Crippen molar-refractivity contribution in [1.29, 1.82) is 0 Å². The lowest BCUT2D eigenvalue weighted by molar-refractivity contribution is -0.135. The third kappa shape index (κ3) is 5.85. The topological polar surface area (TPSA) is 134 Å². The van der Waals surface area contributed by atoms with Crippen molar-refractivity contribution >= 4 is 17.6 Å². The molecule has 0 aliphatic carbocycles. The maximum absolute atomic E-state index is 12.4. The molecule has 1 fully saturated rings. The Hall–Kier alpha value is -1.51. The standard InChI is InChI=1S/C16H30N4O4/c1-9(2)14(22)12(7-17)19-16(24)13(10(3)21)20-15(23)11-5-4-6-18-8-11/h9-13,18,21H,4-8,17H2,1-3H3,(H,19,24)(H,20,23)/t10?,11-,12-,13-/m0/s1. The van der Waals surface area contributed by atoms with Gasteiger partial charge in [0, 0.05) is 19.0 Å². The van der Waals surface area contributed by atoms with Crippen molar-refractivity contribution < 1.29 is 19.5 Å². The summed E-state index contributed by atoms with van der Waals surface area (Å²) in [5.74, 6) is -1.56. The molecule has 138 valence electrons. The van der Waals surface area contributed by atoms with Crippen LogP contribution in [0.5, 0.6) is 0 Å². The Kier molecular flexibility index (Phi) is 8.30. The Labute approximate surface area is 142 Å². The molecule has 1 rings (SSSR count). The maximum atomic E-state index is 12.4. The summed E-state index contributed by atoms with van der Waals surface area (Å²) in [6.45, 7) is 6.26. The fourth-order valence-corrected chi connectivity index (χ4v) is 2.66. The molecule has 0 radical (unpaired) electrons. The van der Waals surface area contributed by atoms with Gasteiger partial charge in [-0.1, -0.05) is 13.8 Å². The van der Waals surface area contributed by atoms with E-state index in [9.17, 15) is 19.5 Å². The highest BCUT2D eigenvalue weighted by Gasteiger charge is 2.32. The fourth-order valence-electron chi connectivity index (χ4n) is 2.66. The Morgan fingerprint density at radius 3 is 2.38 bits per heavy atom. The van der Waals surface area contributed by atoms with Crippen LogP contribution in [0.2, 0.25) is 0 Å². The van der Waals surface area contributed by atoms with Crippen molar-refractivity contribution in [3.63, 3.8) is 0 Å². The van der Waals surface area contributed by atoms with Crippen molar-refractivity contribution in [3.8, 4) is 0 Å². The number of carbonyl (C=O) groups excluding carboxylic acids is 3. The number of amides is 2. The number of aliphatic hydroxyl groups is 1. The zero-order valence-electron chi connectivity index (χ0n) is 14.7. The van der Waals surface area contributed by atoms with Crippen molar-refractivity contribution in [2.75, 3.05) is 19.6 Å². The Morgan fingerprint density at radius 2 is 1.92 bits per heavy atom. The van der Waals surface area contributed by atoms with Crippen molar-refractivity contribution in [2.24, 2.45) is 17.6 Å². The van der Waals surface area contributed by atoms with E-state index in [1.165, 1.54) is 6.92 Å². The van der Waals surface area contributed by atoms with Crippen molar-refractivity contribution in [2.45, 2.75) is 51.8 Å². The predicted octanol–water partition coefficient (Wildman–Crippen LogP) is -1.48. The van der Waals surface area contributed by atoms with E-state index >= 15 is 0 Å². The first kappa shape index (κ1) is 20.5. The SMILES string of the molecule is CC(C)C(=O)[C@H](CN)NC(=O)[C@@H](NC(=O)[C@H]1CCCNC1)C(C)O. The summed E-state index contributed by atoms with van der Waals surface area (Å²) < 4.78 is 0. The van der Waals surface area contributed by atoms with Gasteiger partial charge < -0.3 is 26.8 Å². The van der Waals surface area contributed by atoms with Crippen LogP contribution in [-0.4, -0.2) is 60.5 Å². The van der Waals surface area contributed by atoms with E-state index in [0.29, 0.717) is 6.54 Å². The summed E-state index contributed by atoms with van der Waals surface area (Å²) in [5.41, 5.74) is 5.56. The van der Waals surface area contributed by atoms with Crippen LogP contribution < -0.4 is 21.7 Å². The molecule has 1 heterocycles. The molecule has 0 aromatic heterocycles. The third-order valence-electron chi connectivity index (χ3n) is 4.19. The summed E-state index contributed by atoms with van der Waals surface area (Å²) in [7, 11) is 0. The lowest BCUT2D eigenvalue weighted by atomic mass is 9.97. The van der Waals surface area contributed by atoms with Gasteiger partial charge in [0.2, 0.25) is 11.8 Å². The van der Waals surface area contributed by atoms with Crippen LogP contribution >= 0.6 is 0 Å². The minimum atomic E-state index is -1.12. The molecule has 0 aromatic rings. The smallest absolute Gasteiger partial charge is 0.245 e. The van der Waals surface area contributed by atoms with Crippen LogP contribution in [-0.2, 0) is 14.4 Å². The molecule has 1 aliphatic heterocycles. The van der Waals surface area contributed by atoms with Gasteiger partial charge in [-0.3, -0.25) is 14.4 Å². The van der Waals surface area contributed by atoms with Gasteiger partial charge in [0.1, 0.15) is 6.04 Å². The van der Waals surface area contributed by atoms with E-state index in [1.54, 1.807) is 13.8 Å². The van der Waals surface area contributed by atoms with Gasteiger partial charge in [0.25, 0.3) is 0 Å². The van der Waals surface area contributed by atoms with Gasteiger partial charge in [-0.05, 0) is 26.3 Å². The van der Waals surface area contributed by atoms with Gasteiger partial charge in [-0.2, -0.15) is 0 Å². The molecule has 8 heteroatoms. The highest BCUT2D eigenvalue weighted by molar-refractivity contribution is 5.94. The van der Waals surface area contributed by atoms with E-state index < -0.39 is 24.1 Å². The second-order valence-electron chi connectivity index (χ2n) is 6.62. The molecule has 0 aromatic carbocycles. The summed E-state index contributed by atoms with van der Waals surface area (Å²) >= 11 is 0. The number of piperidine rings is 1.